The van der Waals surface area contributed by atoms with Gasteiger partial charge in [0.2, 0.25) is 5.78 Å². The number of aryl methyl sites for hydroxylation is 1. The number of allylic oxidation sites excluding steroid dienone is 1. The normalized spacial score (nSPS) is 29.7. The molecule has 0 spiro atoms. The van der Waals surface area contributed by atoms with E-state index >= 15 is 0 Å². The van der Waals surface area contributed by atoms with Crippen molar-refractivity contribution in [2.75, 3.05) is 14.1 Å². The van der Waals surface area contributed by atoms with E-state index in [1.165, 1.54) is 11.0 Å². The summed E-state index contributed by atoms with van der Waals surface area (Å²) in [5.74, 6) is -6.37. The van der Waals surface area contributed by atoms with Gasteiger partial charge in [-0.05, 0) is 56.5 Å². The number of nitrogens with two attached hydrogens (primary N) is 1. The third-order valence-corrected chi connectivity index (χ3v) is 7.08. The van der Waals surface area contributed by atoms with Crippen molar-refractivity contribution in [2.24, 2.45) is 17.6 Å². The van der Waals surface area contributed by atoms with Crippen molar-refractivity contribution in [3.63, 3.8) is 0 Å². The predicted octanol–water partition coefficient (Wildman–Crippen LogP) is 0.683. The van der Waals surface area contributed by atoms with Crippen molar-refractivity contribution < 1.29 is 34.8 Å². The lowest BCUT2D eigenvalue weighted by Gasteiger charge is -2.50. The molecule has 0 aromatic heterocycles. The van der Waals surface area contributed by atoms with Crippen LogP contribution in [0.4, 0.5) is 0 Å². The number of primary amides is 1. The first-order valence-electron chi connectivity index (χ1n) is 10.4. The molecule has 0 saturated carbocycles. The molecule has 3 aliphatic carbocycles. The van der Waals surface area contributed by atoms with E-state index in [9.17, 15) is 34.8 Å². The lowest BCUT2D eigenvalue weighted by Crippen LogP contribution is -2.63. The molecule has 32 heavy (non-hydrogen) atoms. The number of benzene rings is 1. The zero-order chi connectivity index (χ0) is 23.7. The van der Waals surface area contributed by atoms with E-state index in [-0.39, 0.29) is 23.3 Å². The maximum absolute atomic E-state index is 13.4. The van der Waals surface area contributed by atoms with Gasteiger partial charge in [0.25, 0.3) is 5.91 Å². The minimum absolute atomic E-state index is 0.0464. The number of aromatic hydroxyl groups is 1. The Morgan fingerprint density at radius 3 is 2.44 bits per heavy atom. The lowest BCUT2D eigenvalue weighted by atomic mass is 9.58. The van der Waals surface area contributed by atoms with Crippen LogP contribution in [-0.4, -0.2) is 68.5 Å². The van der Waals surface area contributed by atoms with Crippen molar-refractivity contribution in [3.05, 3.63) is 51.5 Å². The summed E-state index contributed by atoms with van der Waals surface area (Å²) in [6.07, 6.45) is 1.03. The number of phenolic OH excluding ortho intramolecular Hbond substituents is 1. The molecule has 3 aliphatic rings. The first kappa shape index (κ1) is 22.0. The molecule has 9 heteroatoms. The van der Waals surface area contributed by atoms with Crippen LogP contribution in [0.3, 0.4) is 0 Å². The van der Waals surface area contributed by atoms with Crippen LogP contribution < -0.4 is 5.73 Å². The molecule has 0 saturated heterocycles. The molecular weight excluding hydrogens is 416 g/mol. The van der Waals surface area contributed by atoms with Crippen molar-refractivity contribution in [2.45, 2.75) is 37.8 Å². The molecule has 170 valence electrons. The summed E-state index contributed by atoms with van der Waals surface area (Å²) in [6, 6.07) is 2.17. The Morgan fingerprint density at radius 1 is 1.22 bits per heavy atom. The van der Waals surface area contributed by atoms with Gasteiger partial charge in [-0.1, -0.05) is 13.0 Å². The lowest BCUT2D eigenvalue weighted by molar-refractivity contribution is -0.148. The number of rotatable bonds is 3. The van der Waals surface area contributed by atoms with E-state index in [2.05, 4.69) is 0 Å². The highest BCUT2D eigenvalue weighted by atomic mass is 16.3. The van der Waals surface area contributed by atoms with Crippen LogP contribution in [-0.2, 0) is 22.4 Å². The molecule has 9 nitrogen and oxygen atoms in total. The number of fused-ring (bicyclic) bond motifs is 3. The van der Waals surface area contributed by atoms with Gasteiger partial charge in [0.15, 0.2) is 11.4 Å². The van der Waals surface area contributed by atoms with Crippen LogP contribution in [0, 0.1) is 11.8 Å². The number of hydrogen-bond donors (Lipinski definition) is 5. The maximum atomic E-state index is 13.4. The van der Waals surface area contributed by atoms with Crippen LogP contribution in [0.1, 0.15) is 34.8 Å². The summed E-state index contributed by atoms with van der Waals surface area (Å²) < 4.78 is 0. The highest BCUT2D eigenvalue weighted by Crippen LogP contribution is 2.52. The van der Waals surface area contributed by atoms with Crippen molar-refractivity contribution in [3.8, 4) is 5.75 Å². The van der Waals surface area contributed by atoms with E-state index in [1.54, 1.807) is 20.2 Å². The number of carbonyl (C=O) groups is 3. The van der Waals surface area contributed by atoms with Crippen LogP contribution in [0.2, 0.25) is 0 Å². The summed E-state index contributed by atoms with van der Waals surface area (Å²) in [5.41, 5.74) is 3.34. The van der Waals surface area contributed by atoms with Gasteiger partial charge in [-0.2, -0.15) is 0 Å². The molecule has 0 aliphatic heterocycles. The van der Waals surface area contributed by atoms with E-state index in [4.69, 9.17) is 5.73 Å². The van der Waals surface area contributed by atoms with E-state index in [1.807, 2.05) is 6.92 Å². The van der Waals surface area contributed by atoms with Crippen LogP contribution >= 0.6 is 0 Å². The Hall–Kier alpha value is -3.17. The quantitative estimate of drug-likeness (QED) is 0.427. The summed E-state index contributed by atoms with van der Waals surface area (Å²) in [5, 5.41) is 43.8. The number of aliphatic hydroxyl groups is 3. The molecule has 6 N–H and O–H groups in total. The molecule has 4 rings (SSSR count). The average Bonchev–Trinajstić information content (AvgIpc) is 2.70. The maximum Gasteiger partial charge on any atom is 0.255 e. The second kappa shape index (κ2) is 7.18. The summed E-state index contributed by atoms with van der Waals surface area (Å²) >= 11 is 0. The third kappa shape index (κ3) is 2.67. The number of hydrogen-bond acceptors (Lipinski definition) is 8. The molecule has 0 radical (unpaired) electrons. The zero-order valence-corrected chi connectivity index (χ0v) is 18.0. The molecule has 0 fully saturated rings. The van der Waals surface area contributed by atoms with Gasteiger partial charge in [-0.15, -0.1) is 0 Å². The van der Waals surface area contributed by atoms with E-state index in [0.717, 1.165) is 5.56 Å². The molecule has 4 atom stereocenters. The topological polar surface area (TPSA) is 161 Å². The smallest absolute Gasteiger partial charge is 0.255 e. The number of phenols is 1. The fourth-order valence-electron chi connectivity index (χ4n) is 5.65. The van der Waals surface area contributed by atoms with Gasteiger partial charge in [0, 0.05) is 11.5 Å². The summed E-state index contributed by atoms with van der Waals surface area (Å²) in [4.78, 5) is 40.0. The van der Waals surface area contributed by atoms with Crippen LogP contribution in [0.25, 0.3) is 0 Å². The first-order valence-corrected chi connectivity index (χ1v) is 10.4. The number of aliphatic hydroxyl groups excluding tert-OH is 2. The van der Waals surface area contributed by atoms with Gasteiger partial charge < -0.3 is 26.2 Å². The average molecular weight is 442 g/mol. The van der Waals surface area contributed by atoms with Gasteiger partial charge in [0.1, 0.15) is 22.8 Å². The predicted molar refractivity (Wildman–Crippen MR) is 113 cm³/mol. The van der Waals surface area contributed by atoms with Crippen molar-refractivity contribution in [1.82, 2.24) is 4.90 Å². The second-order valence-corrected chi connectivity index (χ2v) is 8.91. The number of amides is 1. The van der Waals surface area contributed by atoms with Gasteiger partial charge in [-0.25, -0.2) is 0 Å². The molecule has 0 unspecified atom stereocenters. The number of ketones is 2. The Kier molecular flexibility index (Phi) is 4.94. The molecule has 1 aromatic carbocycles. The minimum atomic E-state index is -2.61. The Morgan fingerprint density at radius 2 is 1.88 bits per heavy atom. The highest BCUT2D eigenvalue weighted by Gasteiger charge is 2.63. The standard InChI is InChI=1S/C23H26N2O7/c1-4-9-5-6-13(26)15-11(9)7-10-8-12-17(25(2)3)19(28)16(22(24)31)21(30)23(12,32)20(29)14(10)18(15)27/h5-6,10,12,17,26,28-29,32H,4,7-8H2,1-3H3,(H2,24,31)/t10-,12+,17-,23+/m1/s1. The monoisotopic (exact) mass is 442 g/mol. The molecular formula is C23H26N2O7. The molecule has 1 amide bonds. The summed E-state index contributed by atoms with van der Waals surface area (Å²) in [6.45, 7) is 1.93. The Balaban J connectivity index is 1.98. The van der Waals surface area contributed by atoms with E-state index in [0.29, 0.717) is 18.4 Å². The molecule has 0 heterocycles. The molecule has 0 bridgehead atoms. The fourth-order valence-corrected chi connectivity index (χ4v) is 5.65. The minimum Gasteiger partial charge on any atom is -0.510 e. The number of carbonyl (C=O) groups excluding carboxylic acids is 3. The number of likely N-dealkylation sites (N-methyl/N-ethyl adjacent to an activating group) is 1. The Bertz CT molecular complexity index is 1130. The zero-order valence-electron chi connectivity index (χ0n) is 18.0. The van der Waals surface area contributed by atoms with Crippen LogP contribution in [0.5, 0.6) is 5.75 Å². The van der Waals surface area contributed by atoms with Crippen LogP contribution in [0.15, 0.2) is 34.8 Å². The third-order valence-electron chi connectivity index (χ3n) is 7.08. The largest absolute Gasteiger partial charge is 0.510 e. The van der Waals surface area contributed by atoms with Gasteiger partial charge >= 0.3 is 0 Å². The SMILES string of the molecule is CCc1ccc(O)c2c1C[C@@H]1C[C@H]3[C@@H](N(C)C)C(O)=C(C(N)=O)C(=O)[C@@]3(O)C(O)=C1C2=O. The fraction of sp³-hybridized carbons (Fsp3) is 0.435. The first-order chi connectivity index (χ1) is 15.0. The van der Waals surface area contributed by atoms with Crippen molar-refractivity contribution in [1.29, 1.82) is 0 Å². The Labute approximate surface area is 184 Å². The van der Waals surface area contributed by atoms with Gasteiger partial charge in [-0.3, -0.25) is 19.3 Å². The van der Waals surface area contributed by atoms with Gasteiger partial charge in [0.05, 0.1) is 11.6 Å². The number of Topliss-reactive ketones (excluding diaryl/α,β-unsaturated/α-hetero) is 2. The number of nitrogens with zero attached hydrogens (tertiary/aromatic N) is 1. The van der Waals surface area contributed by atoms with E-state index < -0.39 is 58.0 Å². The summed E-state index contributed by atoms with van der Waals surface area (Å²) in [7, 11) is 3.20. The molecule has 1 aromatic rings. The highest BCUT2D eigenvalue weighted by molar-refractivity contribution is 6.24. The second-order valence-electron chi connectivity index (χ2n) is 8.91. The van der Waals surface area contributed by atoms with Crippen molar-refractivity contribution >= 4 is 17.5 Å².